The second-order valence-electron chi connectivity index (χ2n) is 6.17. The van der Waals surface area contributed by atoms with Gasteiger partial charge < -0.3 is 9.84 Å². The van der Waals surface area contributed by atoms with Gasteiger partial charge in [0.25, 0.3) is 0 Å². The molecule has 0 aromatic carbocycles. The molecule has 1 amide bonds. The van der Waals surface area contributed by atoms with Gasteiger partial charge in [0.15, 0.2) is 0 Å². The number of hydrogen-bond donors (Lipinski definition) is 1. The van der Waals surface area contributed by atoms with Gasteiger partial charge in [-0.2, -0.15) is 5.10 Å². The number of anilines is 1. The first kappa shape index (κ1) is 15.7. The maximum atomic E-state index is 13.1. The van der Waals surface area contributed by atoms with Crippen molar-refractivity contribution >= 4 is 11.6 Å². The first-order valence-electron chi connectivity index (χ1n) is 7.92. The van der Waals surface area contributed by atoms with E-state index in [4.69, 9.17) is 4.52 Å². The van der Waals surface area contributed by atoms with E-state index in [1.165, 1.54) is 0 Å². The molecule has 0 saturated heterocycles. The molecule has 2 aromatic rings. The highest BCUT2D eigenvalue weighted by Crippen LogP contribution is 2.27. The lowest BCUT2D eigenvalue weighted by atomic mass is 9.87. The number of carbonyl (C=O) groups excluding carboxylic acids is 1. The summed E-state index contributed by atoms with van der Waals surface area (Å²) in [7, 11) is 0. The van der Waals surface area contributed by atoms with E-state index in [0.717, 1.165) is 17.0 Å². The van der Waals surface area contributed by atoms with Crippen molar-refractivity contribution in [3.63, 3.8) is 0 Å². The van der Waals surface area contributed by atoms with E-state index in [1.807, 2.05) is 13.8 Å². The molecule has 0 unspecified atom stereocenters. The first-order valence-corrected chi connectivity index (χ1v) is 7.92. The zero-order chi connectivity index (χ0) is 16.4. The minimum atomic E-state index is -0.753. The molecule has 1 aliphatic carbocycles. The lowest BCUT2D eigenvalue weighted by Crippen LogP contribution is -2.27. The highest BCUT2D eigenvalue weighted by molar-refractivity contribution is 5.92. The molecular formula is C16H21FN4O2. The molecule has 23 heavy (non-hydrogen) atoms. The molecule has 2 aromatic heterocycles. The minimum absolute atomic E-state index is 0.0474. The van der Waals surface area contributed by atoms with Gasteiger partial charge in [-0.15, -0.1) is 0 Å². The third-order valence-corrected chi connectivity index (χ3v) is 4.43. The summed E-state index contributed by atoms with van der Waals surface area (Å²) in [6.45, 7) is 4.30. The number of aryl methyl sites for hydroxylation is 2. The van der Waals surface area contributed by atoms with Crippen LogP contribution in [-0.4, -0.2) is 27.0 Å². The minimum Gasteiger partial charge on any atom is -0.361 e. The van der Waals surface area contributed by atoms with Crippen LogP contribution in [0.1, 0.15) is 42.7 Å². The largest absolute Gasteiger partial charge is 0.361 e. The average Bonchev–Trinajstić information content (AvgIpc) is 3.09. The van der Waals surface area contributed by atoms with Crippen molar-refractivity contribution in [1.82, 2.24) is 14.9 Å². The number of rotatable bonds is 4. The van der Waals surface area contributed by atoms with E-state index < -0.39 is 6.17 Å². The van der Waals surface area contributed by atoms with Crippen LogP contribution in [0.15, 0.2) is 16.9 Å². The quantitative estimate of drug-likeness (QED) is 0.940. The number of nitrogens with zero attached hydrogens (tertiary/aromatic N) is 3. The maximum Gasteiger partial charge on any atom is 0.227 e. The topological polar surface area (TPSA) is 73.0 Å². The van der Waals surface area contributed by atoms with Gasteiger partial charge in [0.2, 0.25) is 5.91 Å². The third-order valence-electron chi connectivity index (χ3n) is 4.43. The predicted molar refractivity (Wildman–Crippen MR) is 82.8 cm³/mol. The standard InChI is InChI=1S/C16H21FN4O2/c1-10-15(11(2)23-20-10)9-21-8-14(7-18-21)19-16(22)12-3-5-13(17)6-4-12/h7-8,12-13H,3-6,9H2,1-2H3,(H,19,22). The van der Waals surface area contributed by atoms with Gasteiger partial charge >= 0.3 is 0 Å². The SMILES string of the molecule is Cc1noc(C)c1Cn1cc(NC(=O)C2CCC(F)CC2)cn1. The Hall–Kier alpha value is -2.18. The number of hydrogen-bond acceptors (Lipinski definition) is 4. The molecule has 3 rings (SSSR count). The van der Waals surface area contributed by atoms with Crippen LogP contribution in [0.2, 0.25) is 0 Å². The van der Waals surface area contributed by atoms with Crippen LogP contribution >= 0.6 is 0 Å². The summed E-state index contributed by atoms with van der Waals surface area (Å²) in [5.41, 5.74) is 2.49. The van der Waals surface area contributed by atoms with E-state index >= 15 is 0 Å². The summed E-state index contributed by atoms with van der Waals surface area (Å²) in [4.78, 5) is 12.2. The monoisotopic (exact) mass is 320 g/mol. The van der Waals surface area contributed by atoms with Gasteiger partial charge in [-0.05, 0) is 39.5 Å². The van der Waals surface area contributed by atoms with Crippen molar-refractivity contribution < 1.29 is 13.7 Å². The summed E-state index contributed by atoms with van der Waals surface area (Å²) in [6, 6.07) is 0. The fraction of sp³-hybridized carbons (Fsp3) is 0.562. The van der Waals surface area contributed by atoms with Gasteiger partial charge in [-0.1, -0.05) is 5.16 Å². The Labute approximate surface area is 134 Å². The van der Waals surface area contributed by atoms with Crippen molar-refractivity contribution in [3.8, 4) is 0 Å². The lowest BCUT2D eigenvalue weighted by Gasteiger charge is -2.22. The predicted octanol–water partition coefficient (Wildman–Crippen LogP) is 3.00. The normalized spacial score (nSPS) is 21.3. The average molecular weight is 320 g/mol. The smallest absolute Gasteiger partial charge is 0.227 e. The molecule has 0 spiro atoms. The van der Waals surface area contributed by atoms with Crippen molar-refractivity contribution in [2.45, 2.75) is 52.2 Å². The van der Waals surface area contributed by atoms with Gasteiger partial charge in [0.1, 0.15) is 11.9 Å². The summed E-state index contributed by atoms with van der Waals surface area (Å²) < 4.78 is 20.0. The van der Waals surface area contributed by atoms with E-state index in [2.05, 4.69) is 15.6 Å². The van der Waals surface area contributed by atoms with Crippen molar-refractivity contribution in [3.05, 3.63) is 29.4 Å². The molecule has 1 N–H and O–H groups in total. The number of aromatic nitrogens is 3. The summed E-state index contributed by atoms with van der Waals surface area (Å²) in [5, 5.41) is 11.0. The zero-order valence-electron chi connectivity index (χ0n) is 13.4. The fourth-order valence-corrected chi connectivity index (χ4v) is 2.96. The Morgan fingerprint density at radius 2 is 2.13 bits per heavy atom. The Bertz CT molecular complexity index is 667. The third kappa shape index (κ3) is 3.60. The number of amides is 1. The van der Waals surface area contributed by atoms with Crippen LogP contribution in [-0.2, 0) is 11.3 Å². The summed E-state index contributed by atoms with van der Waals surface area (Å²) in [5.74, 6) is 0.619. The van der Waals surface area contributed by atoms with Gasteiger partial charge in [0, 0.05) is 17.7 Å². The van der Waals surface area contributed by atoms with E-state index in [1.54, 1.807) is 17.1 Å². The lowest BCUT2D eigenvalue weighted by molar-refractivity contribution is -0.121. The molecule has 2 heterocycles. The molecule has 0 atom stereocenters. The van der Waals surface area contributed by atoms with E-state index in [0.29, 0.717) is 37.9 Å². The molecule has 124 valence electrons. The second-order valence-corrected chi connectivity index (χ2v) is 6.17. The van der Waals surface area contributed by atoms with E-state index in [-0.39, 0.29) is 11.8 Å². The fourth-order valence-electron chi connectivity index (χ4n) is 2.96. The molecule has 6 nitrogen and oxygen atoms in total. The van der Waals surface area contributed by atoms with Crippen molar-refractivity contribution in [2.24, 2.45) is 5.92 Å². The molecular weight excluding hydrogens is 299 g/mol. The molecule has 1 fully saturated rings. The number of nitrogens with one attached hydrogen (secondary N) is 1. The van der Waals surface area contributed by atoms with Crippen LogP contribution in [0.25, 0.3) is 0 Å². The van der Waals surface area contributed by atoms with Crippen LogP contribution in [0.4, 0.5) is 10.1 Å². The van der Waals surface area contributed by atoms with Gasteiger partial charge in [-0.25, -0.2) is 4.39 Å². The number of alkyl halides is 1. The Kier molecular flexibility index (Phi) is 4.45. The Morgan fingerprint density at radius 3 is 2.78 bits per heavy atom. The first-order chi connectivity index (χ1) is 11.0. The van der Waals surface area contributed by atoms with Crippen LogP contribution in [0.3, 0.4) is 0 Å². The molecule has 0 bridgehead atoms. The van der Waals surface area contributed by atoms with Crippen LogP contribution < -0.4 is 5.32 Å². The van der Waals surface area contributed by atoms with Gasteiger partial charge in [-0.3, -0.25) is 9.48 Å². The van der Waals surface area contributed by atoms with Crippen molar-refractivity contribution in [2.75, 3.05) is 5.32 Å². The maximum absolute atomic E-state index is 13.1. The molecule has 0 aliphatic heterocycles. The van der Waals surface area contributed by atoms with Crippen LogP contribution in [0, 0.1) is 19.8 Å². The Balaban J connectivity index is 1.60. The molecule has 1 aliphatic rings. The summed E-state index contributed by atoms with van der Waals surface area (Å²) >= 11 is 0. The second kappa shape index (κ2) is 6.52. The van der Waals surface area contributed by atoms with Crippen LogP contribution in [0.5, 0.6) is 0 Å². The van der Waals surface area contributed by atoms with Crippen molar-refractivity contribution in [1.29, 1.82) is 0 Å². The highest BCUT2D eigenvalue weighted by Gasteiger charge is 2.26. The van der Waals surface area contributed by atoms with E-state index in [9.17, 15) is 9.18 Å². The number of carbonyl (C=O) groups is 1. The van der Waals surface area contributed by atoms with Gasteiger partial charge in [0.05, 0.1) is 24.1 Å². The highest BCUT2D eigenvalue weighted by atomic mass is 19.1. The molecule has 7 heteroatoms. The summed E-state index contributed by atoms with van der Waals surface area (Å²) in [6.07, 6.45) is 4.83. The Morgan fingerprint density at radius 1 is 1.39 bits per heavy atom. The molecule has 1 saturated carbocycles. The number of halogens is 1. The zero-order valence-corrected chi connectivity index (χ0v) is 13.4. The molecule has 0 radical (unpaired) electrons.